The van der Waals surface area contributed by atoms with Crippen LogP contribution < -0.4 is 5.73 Å². The Balaban J connectivity index is 2.70. The zero-order chi connectivity index (χ0) is 9.97. The highest BCUT2D eigenvalue weighted by Crippen LogP contribution is 2.16. The van der Waals surface area contributed by atoms with Gasteiger partial charge in [-0.15, -0.1) is 0 Å². The minimum Gasteiger partial charge on any atom is -0.411 e. The molecule has 0 saturated carbocycles. The standard InChI is InChI=1S/C10H9N3O/c11-10-8(6-12-14)5-7-3-1-2-4-9(7)13-10/h1-6,14H,(H2,11,13)/b12-6+. The highest BCUT2D eigenvalue weighted by Gasteiger charge is 2.00. The molecule has 2 rings (SSSR count). The smallest absolute Gasteiger partial charge is 0.133 e. The molecule has 0 fully saturated rings. The van der Waals surface area contributed by atoms with E-state index in [1.54, 1.807) is 0 Å². The molecule has 0 saturated heterocycles. The van der Waals surface area contributed by atoms with Gasteiger partial charge in [-0.25, -0.2) is 4.98 Å². The second-order valence-electron chi connectivity index (χ2n) is 2.90. The van der Waals surface area contributed by atoms with Crippen LogP contribution in [0, 0.1) is 0 Å². The van der Waals surface area contributed by atoms with Gasteiger partial charge in [0.2, 0.25) is 0 Å². The van der Waals surface area contributed by atoms with Gasteiger partial charge in [0.05, 0.1) is 11.7 Å². The molecule has 0 unspecified atom stereocenters. The molecule has 1 aromatic carbocycles. The third-order valence-electron chi connectivity index (χ3n) is 1.98. The molecule has 0 aliphatic carbocycles. The van der Waals surface area contributed by atoms with Gasteiger partial charge in [0.25, 0.3) is 0 Å². The fourth-order valence-corrected chi connectivity index (χ4v) is 1.31. The van der Waals surface area contributed by atoms with Crippen LogP contribution in [0.1, 0.15) is 5.56 Å². The van der Waals surface area contributed by atoms with Crippen molar-refractivity contribution in [2.75, 3.05) is 5.73 Å². The number of rotatable bonds is 1. The number of hydrogen-bond donors (Lipinski definition) is 2. The summed E-state index contributed by atoms with van der Waals surface area (Å²) in [7, 11) is 0. The summed E-state index contributed by atoms with van der Waals surface area (Å²) in [5.41, 5.74) is 7.11. The van der Waals surface area contributed by atoms with Crippen molar-refractivity contribution in [1.29, 1.82) is 0 Å². The molecular weight excluding hydrogens is 178 g/mol. The van der Waals surface area contributed by atoms with Gasteiger partial charge >= 0.3 is 0 Å². The zero-order valence-corrected chi connectivity index (χ0v) is 7.38. The van der Waals surface area contributed by atoms with Crippen LogP contribution in [0.25, 0.3) is 10.9 Å². The van der Waals surface area contributed by atoms with E-state index in [-0.39, 0.29) is 0 Å². The molecule has 0 aliphatic heterocycles. The molecule has 0 bridgehead atoms. The number of fused-ring (bicyclic) bond motifs is 1. The van der Waals surface area contributed by atoms with Crippen molar-refractivity contribution < 1.29 is 5.21 Å². The summed E-state index contributed by atoms with van der Waals surface area (Å²) in [5, 5.41) is 12.3. The molecule has 0 atom stereocenters. The molecule has 0 aliphatic rings. The lowest BCUT2D eigenvalue weighted by atomic mass is 10.1. The lowest BCUT2D eigenvalue weighted by Crippen LogP contribution is -1.97. The van der Waals surface area contributed by atoms with Crippen molar-refractivity contribution in [3.05, 3.63) is 35.9 Å². The van der Waals surface area contributed by atoms with Crippen LogP contribution in [0.15, 0.2) is 35.5 Å². The molecule has 14 heavy (non-hydrogen) atoms. The second kappa shape index (κ2) is 3.33. The normalized spacial score (nSPS) is 11.1. The van der Waals surface area contributed by atoms with Crippen LogP contribution in [-0.2, 0) is 0 Å². The number of nitrogen functional groups attached to an aromatic ring is 1. The number of para-hydroxylation sites is 1. The highest BCUT2D eigenvalue weighted by molar-refractivity contribution is 5.92. The summed E-state index contributed by atoms with van der Waals surface area (Å²) in [5.74, 6) is 0.363. The lowest BCUT2D eigenvalue weighted by molar-refractivity contribution is 0.322. The fraction of sp³-hybridized carbons (Fsp3) is 0. The summed E-state index contributed by atoms with van der Waals surface area (Å²) < 4.78 is 0. The maximum atomic E-state index is 8.40. The Bertz CT molecular complexity index is 494. The minimum absolute atomic E-state index is 0.363. The van der Waals surface area contributed by atoms with E-state index in [0.717, 1.165) is 10.9 Å². The monoisotopic (exact) mass is 187 g/mol. The molecule has 1 heterocycles. The number of benzene rings is 1. The summed E-state index contributed by atoms with van der Waals surface area (Å²) in [4.78, 5) is 4.17. The second-order valence-corrected chi connectivity index (χ2v) is 2.90. The van der Waals surface area contributed by atoms with Crippen molar-refractivity contribution >= 4 is 22.9 Å². The van der Waals surface area contributed by atoms with Crippen LogP contribution >= 0.6 is 0 Å². The fourth-order valence-electron chi connectivity index (χ4n) is 1.31. The van der Waals surface area contributed by atoms with Gasteiger partial charge in [0.15, 0.2) is 0 Å². The van der Waals surface area contributed by atoms with Crippen molar-refractivity contribution in [2.45, 2.75) is 0 Å². The van der Waals surface area contributed by atoms with Gasteiger partial charge in [-0.1, -0.05) is 23.4 Å². The molecule has 70 valence electrons. The van der Waals surface area contributed by atoms with E-state index in [4.69, 9.17) is 10.9 Å². The van der Waals surface area contributed by atoms with E-state index in [0.29, 0.717) is 11.4 Å². The Hall–Kier alpha value is -2.10. The van der Waals surface area contributed by atoms with Crippen LogP contribution in [-0.4, -0.2) is 16.4 Å². The van der Waals surface area contributed by atoms with Crippen molar-refractivity contribution in [2.24, 2.45) is 5.16 Å². The SMILES string of the molecule is Nc1nc2ccccc2cc1/C=N/O. The number of oxime groups is 1. The van der Waals surface area contributed by atoms with E-state index in [1.165, 1.54) is 6.21 Å². The summed E-state index contributed by atoms with van der Waals surface area (Å²) >= 11 is 0. The van der Waals surface area contributed by atoms with Gasteiger partial charge in [-0.05, 0) is 12.1 Å². The van der Waals surface area contributed by atoms with Gasteiger partial charge in [0.1, 0.15) is 5.82 Å². The topological polar surface area (TPSA) is 71.5 Å². The average Bonchev–Trinajstić information content (AvgIpc) is 2.19. The molecule has 0 radical (unpaired) electrons. The molecule has 4 heteroatoms. The third kappa shape index (κ3) is 1.37. The zero-order valence-electron chi connectivity index (χ0n) is 7.38. The molecule has 0 spiro atoms. The van der Waals surface area contributed by atoms with Crippen molar-refractivity contribution in [3.8, 4) is 0 Å². The van der Waals surface area contributed by atoms with Crippen molar-refractivity contribution in [3.63, 3.8) is 0 Å². The van der Waals surface area contributed by atoms with Crippen LogP contribution in [0.5, 0.6) is 0 Å². The van der Waals surface area contributed by atoms with E-state index < -0.39 is 0 Å². The Kier molecular flexibility index (Phi) is 2.02. The number of hydrogen-bond acceptors (Lipinski definition) is 4. The van der Waals surface area contributed by atoms with E-state index >= 15 is 0 Å². The maximum absolute atomic E-state index is 8.40. The molecule has 4 nitrogen and oxygen atoms in total. The Morgan fingerprint density at radius 3 is 2.93 bits per heavy atom. The highest BCUT2D eigenvalue weighted by atomic mass is 16.4. The summed E-state index contributed by atoms with van der Waals surface area (Å²) in [6, 6.07) is 9.45. The van der Waals surface area contributed by atoms with Gasteiger partial charge in [-0.2, -0.15) is 0 Å². The van der Waals surface area contributed by atoms with Crippen LogP contribution in [0.2, 0.25) is 0 Å². The van der Waals surface area contributed by atoms with Gasteiger partial charge < -0.3 is 10.9 Å². The first-order valence-corrected chi connectivity index (χ1v) is 4.14. The first kappa shape index (κ1) is 8.50. The molecule has 1 aromatic heterocycles. The Morgan fingerprint density at radius 2 is 2.14 bits per heavy atom. The minimum atomic E-state index is 0.363. The summed E-state index contributed by atoms with van der Waals surface area (Å²) in [6.45, 7) is 0. The number of nitrogens with two attached hydrogens (primary N) is 1. The predicted octanol–water partition coefficient (Wildman–Crippen LogP) is 1.63. The number of anilines is 1. The van der Waals surface area contributed by atoms with E-state index in [2.05, 4.69) is 10.1 Å². The average molecular weight is 187 g/mol. The molecular formula is C10H9N3O. The van der Waals surface area contributed by atoms with Gasteiger partial charge in [0, 0.05) is 10.9 Å². The Morgan fingerprint density at radius 1 is 1.36 bits per heavy atom. The lowest BCUT2D eigenvalue weighted by Gasteiger charge is -2.01. The van der Waals surface area contributed by atoms with Crippen LogP contribution in [0.3, 0.4) is 0 Å². The molecule has 3 N–H and O–H groups in total. The quantitative estimate of drug-likeness (QED) is 0.405. The van der Waals surface area contributed by atoms with Crippen molar-refractivity contribution in [1.82, 2.24) is 4.98 Å². The number of aromatic nitrogens is 1. The molecule has 0 amide bonds. The van der Waals surface area contributed by atoms with Crippen LogP contribution in [0.4, 0.5) is 5.82 Å². The first-order valence-electron chi connectivity index (χ1n) is 4.14. The largest absolute Gasteiger partial charge is 0.411 e. The Labute approximate surface area is 80.7 Å². The predicted molar refractivity (Wildman–Crippen MR) is 55.5 cm³/mol. The van der Waals surface area contributed by atoms with Gasteiger partial charge in [-0.3, -0.25) is 0 Å². The van der Waals surface area contributed by atoms with E-state index in [9.17, 15) is 0 Å². The number of pyridine rings is 1. The first-order chi connectivity index (χ1) is 6.81. The third-order valence-corrected chi connectivity index (χ3v) is 1.98. The number of nitrogens with zero attached hydrogens (tertiary/aromatic N) is 2. The maximum Gasteiger partial charge on any atom is 0.133 e. The summed E-state index contributed by atoms with van der Waals surface area (Å²) in [6.07, 6.45) is 1.27. The van der Waals surface area contributed by atoms with E-state index in [1.807, 2.05) is 30.3 Å². The molecule has 2 aromatic rings.